The number of carbonyl (C=O) groups excluding carboxylic acids is 1. The molecule has 1 aromatic heterocycles. The number of carbonyl (C=O) groups is 2. The molecule has 21 heavy (non-hydrogen) atoms. The average Bonchev–Trinajstić information content (AvgIpc) is 2.99. The van der Waals surface area contributed by atoms with Crippen LogP contribution in [0.15, 0.2) is 36.8 Å². The second-order valence-corrected chi connectivity index (χ2v) is 4.44. The first-order valence-corrected chi connectivity index (χ1v) is 6.46. The van der Waals surface area contributed by atoms with Gasteiger partial charge >= 0.3 is 12.0 Å². The van der Waals surface area contributed by atoms with E-state index < -0.39 is 5.97 Å². The van der Waals surface area contributed by atoms with E-state index in [9.17, 15) is 9.59 Å². The molecule has 1 heterocycles. The minimum absolute atomic E-state index is 0.225. The Balaban J connectivity index is 1.69. The molecule has 0 atom stereocenters. The number of hydrogen-bond acceptors (Lipinski definition) is 3. The summed E-state index contributed by atoms with van der Waals surface area (Å²) in [5.41, 5.74) is 2.02. The Morgan fingerprint density at radius 1 is 1.19 bits per heavy atom. The van der Waals surface area contributed by atoms with Crippen LogP contribution in [0.3, 0.4) is 0 Å². The number of aromatic carboxylic acids is 1. The molecular formula is C14H16N4O3. The van der Waals surface area contributed by atoms with Gasteiger partial charge in [0.2, 0.25) is 0 Å². The number of aromatic amines is 1. The van der Waals surface area contributed by atoms with E-state index in [1.165, 1.54) is 12.1 Å². The molecular weight excluding hydrogens is 272 g/mol. The highest BCUT2D eigenvalue weighted by atomic mass is 16.4. The molecule has 0 aliphatic heterocycles. The zero-order chi connectivity index (χ0) is 15.1. The van der Waals surface area contributed by atoms with Gasteiger partial charge in [-0.2, -0.15) is 0 Å². The highest BCUT2D eigenvalue weighted by molar-refractivity contribution is 5.87. The van der Waals surface area contributed by atoms with Gasteiger partial charge in [-0.3, -0.25) is 0 Å². The number of benzene rings is 1. The molecule has 4 N–H and O–H groups in total. The Morgan fingerprint density at radius 3 is 2.57 bits per heavy atom. The van der Waals surface area contributed by atoms with E-state index in [1.54, 1.807) is 24.7 Å². The number of urea groups is 1. The van der Waals surface area contributed by atoms with Gasteiger partial charge in [0.05, 0.1) is 11.9 Å². The smallest absolute Gasteiger partial charge is 0.335 e. The molecule has 2 rings (SSSR count). The van der Waals surface area contributed by atoms with Crippen LogP contribution < -0.4 is 10.6 Å². The highest BCUT2D eigenvalue weighted by Crippen LogP contribution is 2.04. The van der Waals surface area contributed by atoms with Crippen molar-refractivity contribution in [3.05, 3.63) is 53.6 Å². The Hall–Kier alpha value is -2.83. The summed E-state index contributed by atoms with van der Waals surface area (Å²) in [5, 5.41) is 14.2. The summed E-state index contributed by atoms with van der Waals surface area (Å²) in [4.78, 5) is 29.1. The quantitative estimate of drug-likeness (QED) is 0.639. The van der Waals surface area contributed by atoms with E-state index in [0.717, 1.165) is 11.3 Å². The molecule has 2 aromatic rings. The topological polar surface area (TPSA) is 107 Å². The van der Waals surface area contributed by atoms with Gasteiger partial charge < -0.3 is 20.7 Å². The molecule has 2 amide bonds. The van der Waals surface area contributed by atoms with Gasteiger partial charge in [-0.1, -0.05) is 12.1 Å². The fourth-order valence-corrected chi connectivity index (χ4v) is 1.74. The molecule has 0 bridgehead atoms. The fraction of sp³-hybridized carbons (Fsp3) is 0.214. The maximum absolute atomic E-state index is 11.6. The van der Waals surface area contributed by atoms with Gasteiger partial charge in [0.15, 0.2) is 0 Å². The van der Waals surface area contributed by atoms with Gasteiger partial charge in [-0.05, 0) is 17.7 Å². The van der Waals surface area contributed by atoms with Crippen molar-refractivity contribution in [2.75, 3.05) is 6.54 Å². The van der Waals surface area contributed by atoms with Crippen LogP contribution >= 0.6 is 0 Å². The second kappa shape index (κ2) is 7.09. The van der Waals surface area contributed by atoms with Crippen molar-refractivity contribution >= 4 is 12.0 Å². The third kappa shape index (κ3) is 4.64. The molecule has 0 aliphatic carbocycles. The molecule has 0 fully saturated rings. The van der Waals surface area contributed by atoms with Crippen LogP contribution in [0.2, 0.25) is 0 Å². The van der Waals surface area contributed by atoms with Crippen molar-refractivity contribution in [1.82, 2.24) is 20.6 Å². The standard InChI is InChI=1S/C14H16N4O3/c19-13(20)11-3-1-10(2-4-11)7-17-14(21)16-6-5-12-8-15-9-18-12/h1-4,8-9H,5-7H2,(H,15,18)(H,19,20)(H2,16,17,21). The summed E-state index contributed by atoms with van der Waals surface area (Å²) < 4.78 is 0. The molecule has 0 aliphatic rings. The summed E-state index contributed by atoms with van der Waals surface area (Å²) in [5.74, 6) is -0.967. The Labute approximate surface area is 121 Å². The monoisotopic (exact) mass is 288 g/mol. The maximum atomic E-state index is 11.6. The summed E-state index contributed by atoms with van der Waals surface area (Å²) >= 11 is 0. The highest BCUT2D eigenvalue weighted by Gasteiger charge is 2.03. The Morgan fingerprint density at radius 2 is 1.95 bits per heavy atom. The van der Waals surface area contributed by atoms with Crippen LogP contribution in [0.5, 0.6) is 0 Å². The van der Waals surface area contributed by atoms with E-state index in [2.05, 4.69) is 20.6 Å². The zero-order valence-electron chi connectivity index (χ0n) is 11.3. The lowest BCUT2D eigenvalue weighted by molar-refractivity contribution is 0.0697. The predicted octanol–water partition coefficient (Wildman–Crippen LogP) is 1.15. The first kappa shape index (κ1) is 14.6. The van der Waals surface area contributed by atoms with Crippen molar-refractivity contribution in [2.45, 2.75) is 13.0 Å². The number of nitrogens with zero attached hydrogens (tertiary/aromatic N) is 1. The first-order valence-electron chi connectivity index (χ1n) is 6.46. The Bertz CT molecular complexity index is 593. The fourth-order valence-electron chi connectivity index (χ4n) is 1.74. The largest absolute Gasteiger partial charge is 0.478 e. The number of hydrogen-bond donors (Lipinski definition) is 4. The minimum Gasteiger partial charge on any atom is -0.478 e. The van der Waals surface area contributed by atoms with Crippen LogP contribution in [-0.4, -0.2) is 33.6 Å². The van der Waals surface area contributed by atoms with Crippen molar-refractivity contribution in [3.8, 4) is 0 Å². The van der Waals surface area contributed by atoms with E-state index >= 15 is 0 Å². The summed E-state index contributed by atoms with van der Waals surface area (Å²) in [6.45, 7) is 0.849. The van der Waals surface area contributed by atoms with Crippen LogP contribution in [0.1, 0.15) is 21.6 Å². The molecule has 7 nitrogen and oxygen atoms in total. The number of carboxylic acid groups (broad SMARTS) is 1. The Kier molecular flexibility index (Phi) is 4.92. The van der Waals surface area contributed by atoms with Crippen LogP contribution in [0.4, 0.5) is 4.79 Å². The SMILES string of the molecule is O=C(NCCc1cnc[nH]1)NCc1ccc(C(=O)O)cc1. The number of carboxylic acids is 1. The third-order valence-electron chi connectivity index (χ3n) is 2.89. The molecule has 0 unspecified atom stereocenters. The lowest BCUT2D eigenvalue weighted by Crippen LogP contribution is -2.36. The van der Waals surface area contributed by atoms with E-state index in [1.807, 2.05) is 0 Å². The number of rotatable bonds is 6. The minimum atomic E-state index is -0.967. The first-order chi connectivity index (χ1) is 10.1. The lowest BCUT2D eigenvalue weighted by atomic mass is 10.1. The molecule has 0 spiro atoms. The maximum Gasteiger partial charge on any atom is 0.335 e. The number of nitrogens with one attached hydrogen (secondary N) is 3. The van der Waals surface area contributed by atoms with Gasteiger partial charge in [0.1, 0.15) is 0 Å². The zero-order valence-corrected chi connectivity index (χ0v) is 11.3. The molecule has 110 valence electrons. The average molecular weight is 288 g/mol. The summed E-state index contributed by atoms with van der Waals surface area (Å²) in [6.07, 6.45) is 3.99. The predicted molar refractivity (Wildman–Crippen MR) is 75.9 cm³/mol. The van der Waals surface area contributed by atoms with Crippen molar-refractivity contribution in [2.24, 2.45) is 0 Å². The molecule has 0 radical (unpaired) electrons. The van der Waals surface area contributed by atoms with E-state index in [0.29, 0.717) is 19.5 Å². The van der Waals surface area contributed by atoms with E-state index in [4.69, 9.17) is 5.11 Å². The molecule has 1 aromatic carbocycles. The number of imidazole rings is 1. The summed E-state index contributed by atoms with van der Waals surface area (Å²) in [7, 11) is 0. The molecule has 7 heteroatoms. The number of H-pyrrole nitrogens is 1. The van der Waals surface area contributed by atoms with Crippen LogP contribution in [0, 0.1) is 0 Å². The third-order valence-corrected chi connectivity index (χ3v) is 2.89. The second-order valence-electron chi connectivity index (χ2n) is 4.44. The van der Waals surface area contributed by atoms with Crippen molar-refractivity contribution < 1.29 is 14.7 Å². The van der Waals surface area contributed by atoms with E-state index in [-0.39, 0.29) is 11.6 Å². The number of aromatic nitrogens is 2. The van der Waals surface area contributed by atoms with Crippen LogP contribution in [-0.2, 0) is 13.0 Å². The molecule has 0 saturated heterocycles. The van der Waals surface area contributed by atoms with Gasteiger partial charge in [-0.25, -0.2) is 14.6 Å². The van der Waals surface area contributed by atoms with Gasteiger partial charge in [0.25, 0.3) is 0 Å². The normalized spacial score (nSPS) is 10.1. The summed E-state index contributed by atoms with van der Waals surface area (Å²) in [6, 6.07) is 6.10. The van der Waals surface area contributed by atoms with Crippen LogP contribution in [0.25, 0.3) is 0 Å². The van der Waals surface area contributed by atoms with Crippen molar-refractivity contribution in [1.29, 1.82) is 0 Å². The van der Waals surface area contributed by atoms with Gasteiger partial charge in [-0.15, -0.1) is 0 Å². The van der Waals surface area contributed by atoms with Gasteiger partial charge in [0, 0.05) is 31.4 Å². The molecule has 0 saturated carbocycles. The van der Waals surface area contributed by atoms with Crippen molar-refractivity contribution in [3.63, 3.8) is 0 Å². The lowest BCUT2D eigenvalue weighted by Gasteiger charge is -2.07. The number of amides is 2.